The topological polar surface area (TPSA) is 21.5 Å². The number of rotatable bonds is 3. The Kier molecular flexibility index (Phi) is 5.55. The second kappa shape index (κ2) is 10.1. The van der Waals surface area contributed by atoms with Gasteiger partial charge in [-0.2, -0.15) is 0 Å². The first kappa shape index (κ1) is 29.3. The Morgan fingerprint density at radius 1 is 0.604 bits per heavy atom. The first-order chi connectivity index (χ1) is 26.1. The molecule has 1 spiro atoms. The third-order valence-electron chi connectivity index (χ3n) is 15.3. The Labute approximate surface area is 309 Å². The summed E-state index contributed by atoms with van der Waals surface area (Å²) >= 11 is 0. The number of fused-ring (bicyclic) bond motifs is 7. The van der Waals surface area contributed by atoms with Gasteiger partial charge in [0.1, 0.15) is 0 Å². The normalized spacial score (nSPS) is 26.5. The van der Waals surface area contributed by atoms with Crippen LogP contribution in [0, 0.1) is 11.3 Å². The van der Waals surface area contributed by atoms with E-state index in [1.54, 1.807) is 11.1 Å². The highest BCUT2D eigenvalue weighted by Gasteiger charge is 2.58. The predicted molar refractivity (Wildman–Crippen MR) is 217 cm³/mol. The Morgan fingerprint density at radius 2 is 1.26 bits per heavy atom. The number of hydrogen-bond acceptors (Lipinski definition) is 1. The Morgan fingerprint density at radius 3 is 2.00 bits per heavy atom. The molecule has 6 aromatic carbocycles. The van der Waals surface area contributed by atoms with Gasteiger partial charge in [0.2, 0.25) is 0 Å². The molecule has 0 N–H and O–H groups in total. The maximum absolute atomic E-state index is 14.7. The van der Waals surface area contributed by atoms with Crippen molar-refractivity contribution in [1.82, 2.24) is 4.40 Å². The number of carbonyl (C=O) groups is 1. The monoisotopic (exact) mass is 683 g/mol. The fourth-order valence-corrected chi connectivity index (χ4v) is 13.2. The highest BCUT2D eigenvalue weighted by atomic mass is 16.1. The summed E-state index contributed by atoms with van der Waals surface area (Å²) in [5.41, 5.74) is 17.6. The second-order valence-electron chi connectivity index (χ2n) is 17.4. The van der Waals surface area contributed by atoms with E-state index in [-0.39, 0.29) is 11.8 Å². The number of nitrogens with zero attached hydrogens (tertiary/aromatic N) is 1. The van der Waals surface area contributed by atoms with Crippen LogP contribution < -0.4 is 0 Å². The molecule has 0 aliphatic heterocycles. The van der Waals surface area contributed by atoms with E-state index in [4.69, 9.17) is 0 Å². The number of benzene rings is 6. The molecule has 7 aliphatic rings. The van der Waals surface area contributed by atoms with E-state index in [1.165, 1.54) is 109 Å². The molecule has 256 valence electrons. The number of carbonyl (C=O) groups excluding carboxylic acids is 1. The van der Waals surface area contributed by atoms with Gasteiger partial charge in [0, 0.05) is 38.9 Å². The van der Waals surface area contributed by atoms with Crippen molar-refractivity contribution in [1.29, 1.82) is 0 Å². The van der Waals surface area contributed by atoms with Gasteiger partial charge in [-0.05, 0) is 136 Å². The molecule has 2 nitrogen and oxygen atoms in total. The lowest BCUT2D eigenvalue weighted by Gasteiger charge is -2.49. The van der Waals surface area contributed by atoms with E-state index in [2.05, 4.69) is 127 Å². The molecule has 7 aliphatic carbocycles. The highest BCUT2D eigenvalue weighted by Crippen LogP contribution is 2.71. The van der Waals surface area contributed by atoms with E-state index in [0.717, 1.165) is 24.3 Å². The molecule has 2 heterocycles. The molecule has 0 amide bonds. The molecule has 0 saturated heterocycles. The Balaban J connectivity index is 1.22. The summed E-state index contributed by atoms with van der Waals surface area (Å²) < 4.78 is 2.61. The Bertz CT molecular complexity index is 2870. The zero-order valence-corrected chi connectivity index (χ0v) is 30.2. The predicted octanol–water partition coefficient (Wildman–Crippen LogP) is 13.2. The molecule has 53 heavy (non-hydrogen) atoms. The van der Waals surface area contributed by atoms with Crippen LogP contribution in [0.2, 0.25) is 0 Å². The van der Waals surface area contributed by atoms with E-state index in [9.17, 15) is 4.79 Å². The van der Waals surface area contributed by atoms with Gasteiger partial charge in [-0.3, -0.25) is 4.79 Å². The summed E-state index contributed by atoms with van der Waals surface area (Å²) in [5.74, 6) is 2.61. The average Bonchev–Trinajstić information content (AvgIpc) is 3.74. The first-order valence-electron chi connectivity index (χ1n) is 20.2. The fraction of sp³-hybridized carbons (Fsp3) is 0.275. The standard InChI is InChI=1S/C51H41NO/c1-2-32-21-30-25-51(32)26-31(27-51)33-19-20-43-48(45(30)33)47-39(29-13-7-4-8-14-29)22-38(28-11-5-3-6-12-28)46-42-23-40-36-17-18-37(35-16-10-9-15-34(35)36)50(53)41(40)24-44(42)52(43)49(46)47/h3-16,19-20,22-24,30-32,36-37H,2,17-18,21,25-27H2,1H3. The van der Waals surface area contributed by atoms with Crippen molar-refractivity contribution in [2.24, 2.45) is 11.3 Å². The molecule has 15 rings (SSSR count). The first-order valence-corrected chi connectivity index (χ1v) is 20.2. The molecule has 4 atom stereocenters. The van der Waals surface area contributed by atoms with Crippen molar-refractivity contribution in [2.75, 3.05) is 0 Å². The quantitative estimate of drug-likeness (QED) is 0.182. The number of Topliss-reactive ketones (excluding diaryl/α,β-unsaturated/α-hetero) is 1. The summed E-state index contributed by atoms with van der Waals surface area (Å²) in [4.78, 5) is 14.7. The van der Waals surface area contributed by atoms with Crippen LogP contribution in [0.3, 0.4) is 0 Å². The number of hydrogen-bond donors (Lipinski definition) is 0. The van der Waals surface area contributed by atoms with Crippen molar-refractivity contribution in [3.05, 3.63) is 149 Å². The molecule has 2 heteroatoms. The van der Waals surface area contributed by atoms with Crippen LogP contribution in [-0.2, 0) is 0 Å². The zero-order valence-electron chi connectivity index (χ0n) is 30.2. The minimum atomic E-state index is -0.0556. The van der Waals surface area contributed by atoms with Crippen molar-refractivity contribution >= 4 is 43.9 Å². The molecular formula is C51H41NO. The minimum absolute atomic E-state index is 0.0556. The summed E-state index contributed by atoms with van der Waals surface area (Å²) in [5, 5.41) is 5.51. The van der Waals surface area contributed by atoms with Crippen LogP contribution in [-0.4, -0.2) is 10.2 Å². The second-order valence-corrected chi connectivity index (χ2v) is 17.4. The maximum atomic E-state index is 14.7. The molecule has 0 radical (unpaired) electrons. The third kappa shape index (κ3) is 3.54. The zero-order chi connectivity index (χ0) is 34.7. The summed E-state index contributed by atoms with van der Waals surface area (Å²) in [6.07, 6.45) is 8.66. The van der Waals surface area contributed by atoms with E-state index < -0.39 is 0 Å². The molecule has 2 saturated carbocycles. The highest BCUT2D eigenvalue weighted by molar-refractivity contribution is 6.31. The molecule has 8 aromatic rings. The van der Waals surface area contributed by atoms with Gasteiger partial charge in [-0.1, -0.05) is 104 Å². The van der Waals surface area contributed by atoms with Gasteiger partial charge >= 0.3 is 0 Å². The van der Waals surface area contributed by atoms with Crippen molar-refractivity contribution in [2.45, 2.75) is 75.5 Å². The molecule has 2 aromatic heterocycles. The summed E-state index contributed by atoms with van der Waals surface area (Å²) in [6.45, 7) is 2.44. The average molecular weight is 684 g/mol. The third-order valence-corrected chi connectivity index (χ3v) is 15.3. The van der Waals surface area contributed by atoms with Gasteiger partial charge in [0.15, 0.2) is 5.78 Å². The SMILES string of the molecule is CCC1CC2CC13CC(C3)c1ccc3c(c12)c1c(-c2ccccc2)cc(-c2ccccc2)c2c4cc5c(cc4n3c21)C(=O)C1CCC5c2ccccc21. The molecular weight excluding hydrogens is 643 g/mol. The maximum Gasteiger partial charge on any atom is 0.170 e. The van der Waals surface area contributed by atoms with Crippen LogP contribution in [0.4, 0.5) is 0 Å². The lowest BCUT2D eigenvalue weighted by molar-refractivity contribution is 0.0523. The van der Waals surface area contributed by atoms with Crippen LogP contribution in [0.5, 0.6) is 0 Å². The van der Waals surface area contributed by atoms with E-state index in [1.807, 2.05) is 0 Å². The van der Waals surface area contributed by atoms with Crippen LogP contribution >= 0.6 is 0 Å². The largest absolute Gasteiger partial charge is 0.308 e. The minimum Gasteiger partial charge on any atom is -0.308 e. The number of aromatic nitrogens is 1. The van der Waals surface area contributed by atoms with E-state index in [0.29, 0.717) is 23.0 Å². The van der Waals surface area contributed by atoms with Crippen LogP contribution in [0.1, 0.15) is 114 Å². The van der Waals surface area contributed by atoms with Crippen LogP contribution in [0.25, 0.3) is 60.3 Å². The van der Waals surface area contributed by atoms with Crippen molar-refractivity contribution in [3.63, 3.8) is 0 Å². The van der Waals surface area contributed by atoms with Gasteiger partial charge < -0.3 is 4.40 Å². The molecule has 2 fully saturated rings. The van der Waals surface area contributed by atoms with Crippen molar-refractivity contribution < 1.29 is 4.79 Å². The van der Waals surface area contributed by atoms with Gasteiger partial charge in [0.25, 0.3) is 0 Å². The number of ketones is 1. The Hall–Kier alpha value is -5.21. The lowest BCUT2D eigenvalue weighted by atomic mass is 9.55. The van der Waals surface area contributed by atoms with Gasteiger partial charge in [-0.25, -0.2) is 0 Å². The van der Waals surface area contributed by atoms with Gasteiger partial charge in [0.05, 0.1) is 16.6 Å². The van der Waals surface area contributed by atoms with Gasteiger partial charge in [-0.15, -0.1) is 0 Å². The van der Waals surface area contributed by atoms with E-state index >= 15 is 0 Å². The van der Waals surface area contributed by atoms with Crippen molar-refractivity contribution in [3.8, 4) is 22.3 Å². The summed E-state index contributed by atoms with van der Waals surface area (Å²) in [6, 6.07) is 43.3. The fourth-order valence-electron chi connectivity index (χ4n) is 13.2. The summed E-state index contributed by atoms with van der Waals surface area (Å²) in [7, 11) is 0. The smallest absolute Gasteiger partial charge is 0.170 e. The lowest BCUT2D eigenvalue weighted by Crippen LogP contribution is -2.38. The molecule has 4 unspecified atom stereocenters. The van der Waals surface area contributed by atoms with Crippen LogP contribution in [0.15, 0.2) is 115 Å². The molecule has 5 bridgehead atoms.